The molecule has 1 N–H and O–H groups in total. The van der Waals surface area contributed by atoms with Crippen molar-refractivity contribution in [2.24, 2.45) is 5.92 Å². The molecule has 1 heterocycles. The van der Waals surface area contributed by atoms with Crippen molar-refractivity contribution >= 4 is 21.6 Å². The number of halogens is 1. The monoisotopic (exact) mass is 310 g/mol. The molecule has 0 aromatic heterocycles. The van der Waals surface area contributed by atoms with Crippen molar-refractivity contribution in [3.8, 4) is 0 Å². The maximum atomic E-state index is 3.66. The highest BCUT2D eigenvalue weighted by molar-refractivity contribution is 9.10. The van der Waals surface area contributed by atoms with Crippen LogP contribution >= 0.6 is 15.9 Å². The third-order valence-electron chi connectivity index (χ3n) is 3.91. The zero-order chi connectivity index (χ0) is 13.1. The summed E-state index contributed by atoms with van der Waals surface area (Å²) in [5, 5.41) is 3.66. The Morgan fingerprint density at radius 2 is 1.94 bits per heavy atom. The summed E-state index contributed by atoms with van der Waals surface area (Å²) in [4.78, 5) is 2.42. The minimum Gasteiger partial charge on any atom is -0.382 e. The normalized spacial score (nSPS) is 19.8. The van der Waals surface area contributed by atoms with Gasteiger partial charge in [0.05, 0.1) is 0 Å². The third-order valence-corrected chi connectivity index (χ3v) is 4.36. The lowest BCUT2D eigenvalue weighted by Gasteiger charge is -2.33. The second-order valence-corrected chi connectivity index (χ2v) is 6.51. The van der Waals surface area contributed by atoms with Gasteiger partial charge < -0.3 is 10.2 Å². The second-order valence-electron chi connectivity index (χ2n) is 5.59. The Hall–Kier alpha value is -0.540. The van der Waals surface area contributed by atoms with Gasteiger partial charge in [-0.15, -0.1) is 0 Å². The molecule has 2 nitrogen and oxygen atoms in total. The number of nitrogens with one attached hydrogen (secondary N) is 1. The minimum absolute atomic E-state index is 0.549. The van der Waals surface area contributed by atoms with Crippen LogP contribution in [-0.2, 0) is 0 Å². The van der Waals surface area contributed by atoms with E-state index >= 15 is 0 Å². The molecule has 1 aromatic rings. The maximum Gasteiger partial charge on any atom is 0.0356 e. The van der Waals surface area contributed by atoms with E-state index in [1.807, 2.05) is 0 Å². The molecule has 1 atom stereocenters. The largest absolute Gasteiger partial charge is 0.382 e. The molecule has 1 unspecified atom stereocenters. The predicted octanol–water partition coefficient (Wildman–Crippen LogP) is 3.90. The zero-order valence-corrected chi connectivity index (χ0v) is 13.1. The van der Waals surface area contributed by atoms with Crippen LogP contribution in [0.4, 0.5) is 5.69 Å². The zero-order valence-electron chi connectivity index (χ0n) is 11.5. The number of anilines is 1. The molecule has 1 saturated heterocycles. The SMILES string of the molecule is Cc1cc(Br)cc(NC(C)C2CCN(C)CC2)c1. The van der Waals surface area contributed by atoms with Crippen LogP contribution in [0.15, 0.2) is 22.7 Å². The van der Waals surface area contributed by atoms with Gasteiger partial charge in [-0.05, 0) is 76.5 Å². The molecule has 0 aliphatic carbocycles. The molecule has 100 valence electrons. The van der Waals surface area contributed by atoms with E-state index in [1.165, 1.54) is 37.2 Å². The number of hydrogen-bond acceptors (Lipinski definition) is 2. The Kier molecular flexibility index (Phi) is 4.68. The van der Waals surface area contributed by atoms with Crippen molar-refractivity contribution in [3.63, 3.8) is 0 Å². The van der Waals surface area contributed by atoms with E-state index in [-0.39, 0.29) is 0 Å². The second kappa shape index (κ2) is 6.07. The van der Waals surface area contributed by atoms with Gasteiger partial charge in [0.15, 0.2) is 0 Å². The molecule has 0 amide bonds. The Balaban J connectivity index is 1.96. The van der Waals surface area contributed by atoms with Crippen LogP contribution in [0, 0.1) is 12.8 Å². The lowest BCUT2D eigenvalue weighted by Crippen LogP contribution is -2.37. The van der Waals surface area contributed by atoms with E-state index in [9.17, 15) is 0 Å². The lowest BCUT2D eigenvalue weighted by atomic mass is 9.90. The van der Waals surface area contributed by atoms with E-state index in [1.54, 1.807) is 0 Å². The third kappa shape index (κ3) is 3.72. The number of piperidine rings is 1. The first-order valence-electron chi connectivity index (χ1n) is 6.77. The first-order valence-corrected chi connectivity index (χ1v) is 7.56. The molecule has 1 aromatic carbocycles. The standard InChI is InChI=1S/C15H23BrN2/c1-11-8-14(16)10-15(9-11)17-12(2)13-4-6-18(3)7-5-13/h8-10,12-13,17H,4-7H2,1-3H3. The molecule has 2 rings (SSSR count). The molecule has 0 radical (unpaired) electrons. The summed E-state index contributed by atoms with van der Waals surface area (Å²) < 4.78 is 1.15. The van der Waals surface area contributed by atoms with E-state index in [0.717, 1.165) is 10.4 Å². The molecule has 3 heteroatoms. The maximum absolute atomic E-state index is 3.66. The van der Waals surface area contributed by atoms with Crippen LogP contribution in [0.3, 0.4) is 0 Å². The fourth-order valence-corrected chi connectivity index (χ4v) is 3.34. The quantitative estimate of drug-likeness (QED) is 0.911. The average Bonchev–Trinajstić information content (AvgIpc) is 2.28. The summed E-state index contributed by atoms with van der Waals surface area (Å²) in [5.74, 6) is 0.792. The number of rotatable bonds is 3. The Labute approximate surface area is 119 Å². The highest BCUT2D eigenvalue weighted by Crippen LogP contribution is 2.25. The van der Waals surface area contributed by atoms with Gasteiger partial charge in [0.2, 0.25) is 0 Å². The summed E-state index contributed by atoms with van der Waals surface area (Å²) in [6, 6.07) is 7.08. The fraction of sp³-hybridized carbons (Fsp3) is 0.600. The smallest absolute Gasteiger partial charge is 0.0356 e. The van der Waals surface area contributed by atoms with Crippen molar-refractivity contribution in [3.05, 3.63) is 28.2 Å². The van der Waals surface area contributed by atoms with E-state index < -0.39 is 0 Å². The Bertz CT molecular complexity index is 377. The van der Waals surface area contributed by atoms with Crippen LogP contribution in [0.2, 0.25) is 0 Å². The van der Waals surface area contributed by atoms with Crippen LogP contribution in [0.25, 0.3) is 0 Å². The van der Waals surface area contributed by atoms with Crippen LogP contribution in [0.5, 0.6) is 0 Å². The lowest BCUT2D eigenvalue weighted by molar-refractivity contribution is 0.208. The summed E-state index contributed by atoms with van der Waals surface area (Å²) in [6.45, 7) is 6.91. The van der Waals surface area contributed by atoms with Crippen molar-refractivity contribution in [2.45, 2.75) is 32.7 Å². The van der Waals surface area contributed by atoms with Crippen molar-refractivity contribution in [1.29, 1.82) is 0 Å². The Morgan fingerprint density at radius 1 is 1.28 bits per heavy atom. The number of nitrogens with zero attached hydrogens (tertiary/aromatic N) is 1. The van der Waals surface area contributed by atoms with E-state index in [0.29, 0.717) is 6.04 Å². The molecule has 18 heavy (non-hydrogen) atoms. The number of hydrogen-bond donors (Lipinski definition) is 1. The topological polar surface area (TPSA) is 15.3 Å². The van der Waals surface area contributed by atoms with Gasteiger partial charge in [-0.25, -0.2) is 0 Å². The van der Waals surface area contributed by atoms with Gasteiger partial charge in [-0.2, -0.15) is 0 Å². The van der Waals surface area contributed by atoms with E-state index in [2.05, 4.69) is 65.2 Å². The van der Waals surface area contributed by atoms with Gasteiger partial charge in [0.1, 0.15) is 0 Å². The summed E-state index contributed by atoms with van der Waals surface area (Å²) in [7, 11) is 2.21. The van der Waals surface area contributed by atoms with Gasteiger partial charge in [0.25, 0.3) is 0 Å². The minimum atomic E-state index is 0.549. The summed E-state index contributed by atoms with van der Waals surface area (Å²) in [6.07, 6.45) is 2.61. The molecule has 0 spiro atoms. The predicted molar refractivity (Wildman–Crippen MR) is 82.2 cm³/mol. The van der Waals surface area contributed by atoms with Crippen molar-refractivity contribution in [2.75, 3.05) is 25.5 Å². The molecular weight excluding hydrogens is 288 g/mol. The number of likely N-dealkylation sites (tertiary alicyclic amines) is 1. The number of benzene rings is 1. The van der Waals surface area contributed by atoms with E-state index in [4.69, 9.17) is 0 Å². The summed E-state index contributed by atoms with van der Waals surface area (Å²) in [5.41, 5.74) is 2.52. The summed E-state index contributed by atoms with van der Waals surface area (Å²) >= 11 is 3.56. The number of aryl methyl sites for hydroxylation is 1. The van der Waals surface area contributed by atoms with Crippen molar-refractivity contribution < 1.29 is 0 Å². The van der Waals surface area contributed by atoms with Crippen LogP contribution in [-0.4, -0.2) is 31.1 Å². The first kappa shape index (κ1) is 13.9. The molecule has 1 fully saturated rings. The van der Waals surface area contributed by atoms with Gasteiger partial charge in [-0.1, -0.05) is 15.9 Å². The first-order chi connectivity index (χ1) is 8.54. The molecule has 0 bridgehead atoms. The van der Waals surface area contributed by atoms with Gasteiger partial charge in [0, 0.05) is 16.2 Å². The average molecular weight is 311 g/mol. The molecule has 1 aliphatic rings. The Morgan fingerprint density at radius 3 is 2.56 bits per heavy atom. The van der Waals surface area contributed by atoms with Gasteiger partial charge >= 0.3 is 0 Å². The molecule has 0 saturated carbocycles. The van der Waals surface area contributed by atoms with Gasteiger partial charge in [-0.3, -0.25) is 0 Å². The molecular formula is C15H23BrN2. The highest BCUT2D eigenvalue weighted by Gasteiger charge is 2.22. The van der Waals surface area contributed by atoms with Crippen LogP contribution < -0.4 is 5.32 Å². The molecule has 1 aliphatic heterocycles. The highest BCUT2D eigenvalue weighted by atomic mass is 79.9. The van der Waals surface area contributed by atoms with Crippen molar-refractivity contribution in [1.82, 2.24) is 4.90 Å². The van der Waals surface area contributed by atoms with Crippen LogP contribution in [0.1, 0.15) is 25.3 Å². The fourth-order valence-electron chi connectivity index (χ4n) is 2.73.